The first-order valence-electron chi connectivity index (χ1n) is 15.3. The summed E-state index contributed by atoms with van der Waals surface area (Å²) in [5, 5.41) is 2.12. The van der Waals surface area contributed by atoms with Crippen molar-refractivity contribution >= 4 is 55.2 Å². The number of nitrogens with zero attached hydrogens (tertiary/aromatic N) is 6. The van der Waals surface area contributed by atoms with Crippen molar-refractivity contribution in [2.45, 2.75) is 0 Å². The number of imidazole rings is 2. The molecule has 10 aromatic rings. The van der Waals surface area contributed by atoms with Gasteiger partial charge >= 0.3 is 0 Å². The van der Waals surface area contributed by atoms with E-state index in [0.717, 1.165) is 88.8 Å². The third-order valence-electron chi connectivity index (χ3n) is 8.94. The number of pyridine rings is 4. The fourth-order valence-electron chi connectivity index (χ4n) is 6.75. The topological polar surface area (TPSA) is 60.4 Å². The van der Waals surface area contributed by atoms with Crippen LogP contribution in [-0.4, -0.2) is 28.7 Å². The Bertz CT molecular complexity index is 2600. The molecular formula is C40H24N6. The number of hydrogen-bond donors (Lipinski definition) is 0. The summed E-state index contributed by atoms with van der Waals surface area (Å²) in [5.74, 6) is 0. The predicted octanol–water partition coefficient (Wildman–Crippen LogP) is 9.39. The Hall–Kier alpha value is -6.40. The molecule has 0 N–H and O–H groups in total. The number of rotatable bonds is 3. The van der Waals surface area contributed by atoms with E-state index in [4.69, 9.17) is 19.9 Å². The quantitative estimate of drug-likeness (QED) is 0.206. The molecule has 10 rings (SSSR count). The van der Waals surface area contributed by atoms with Crippen molar-refractivity contribution in [2.24, 2.45) is 0 Å². The number of aromatic nitrogens is 6. The number of para-hydroxylation sites is 2. The second-order valence-electron chi connectivity index (χ2n) is 11.6. The molecule has 0 saturated heterocycles. The van der Waals surface area contributed by atoms with Crippen LogP contribution in [-0.2, 0) is 0 Å². The third-order valence-corrected chi connectivity index (χ3v) is 8.94. The highest BCUT2D eigenvalue weighted by Crippen LogP contribution is 2.36. The minimum absolute atomic E-state index is 0.913. The van der Waals surface area contributed by atoms with Gasteiger partial charge in [-0.05, 0) is 47.5 Å². The van der Waals surface area contributed by atoms with Crippen LogP contribution in [0.2, 0.25) is 0 Å². The van der Waals surface area contributed by atoms with Crippen LogP contribution in [0.25, 0.3) is 88.8 Å². The van der Waals surface area contributed by atoms with Crippen LogP contribution in [0, 0.1) is 0 Å². The molecule has 0 saturated carbocycles. The van der Waals surface area contributed by atoms with Crippen molar-refractivity contribution in [3.05, 3.63) is 146 Å². The van der Waals surface area contributed by atoms with E-state index in [1.165, 1.54) is 0 Å². The summed E-state index contributed by atoms with van der Waals surface area (Å²) < 4.78 is 4.27. The zero-order chi connectivity index (χ0) is 30.2. The first-order chi connectivity index (χ1) is 22.8. The fourth-order valence-corrected chi connectivity index (χ4v) is 6.75. The average Bonchev–Trinajstić information content (AvgIpc) is 3.71. The molecule has 0 aliphatic rings. The van der Waals surface area contributed by atoms with Crippen LogP contribution in [0.4, 0.5) is 0 Å². The monoisotopic (exact) mass is 588 g/mol. The lowest BCUT2D eigenvalue weighted by atomic mass is 9.99. The molecular weight excluding hydrogens is 564 g/mol. The van der Waals surface area contributed by atoms with Gasteiger partial charge in [0.2, 0.25) is 0 Å². The molecule has 6 heteroatoms. The van der Waals surface area contributed by atoms with Gasteiger partial charge in [0.25, 0.3) is 0 Å². The van der Waals surface area contributed by atoms with E-state index < -0.39 is 0 Å². The van der Waals surface area contributed by atoms with Crippen LogP contribution < -0.4 is 0 Å². The van der Waals surface area contributed by atoms with Gasteiger partial charge < -0.3 is 0 Å². The second kappa shape index (κ2) is 9.55. The van der Waals surface area contributed by atoms with Crippen molar-refractivity contribution < 1.29 is 0 Å². The predicted molar refractivity (Wildman–Crippen MR) is 186 cm³/mol. The number of benzene rings is 4. The van der Waals surface area contributed by atoms with E-state index in [0.29, 0.717) is 0 Å². The number of fused-ring (bicyclic) bond motifs is 10. The molecule has 0 spiro atoms. The summed E-state index contributed by atoms with van der Waals surface area (Å²) in [6.45, 7) is 0. The molecule has 0 amide bonds. The first kappa shape index (κ1) is 25.0. The van der Waals surface area contributed by atoms with Crippen molar-refractivity contribution in [1.29, 1.82) is 0 Å². The molecule has 6 heterocycles. The Morgan fingerprint density at radius 1 is 0.348 bits per heavy atom. The maximum Gasteiger partial charge on any atom is 0.137 e. The molecule has 0 atom stereocenters. The molecule has 46 heavy (non-hydrogen) atoms. The maximum atomic E-state index is 5.13. The van der Waals surface area contributed by atoms with E-state index in [9.17, 15) is 0 Å². The smallest absolute Gasteiger partial charge is 0.137 e. The molecule has 0 radical (unpaired) electrons. The summed E-state index contributed by atoms with van der Waals surface area (Å²) in [6, 6.07) is 46.0. The van der Waals surface area contributed by atoms with Crippen LogP contribution >= 0.6 is 0 Å². The van der Waals surface area contributed by atoms with Gasteiger partial charge in [-0.3, -0.25) is 8.80 Å². The SMILES string of the molecule is c1ccc2c(c1)nc(-c1ccc(-c3ccc(-c4nc5ccccc5c5nc6ccccn6c45)cc3)cc1)c1c2nc2ccccn21. The first-order valence-corrected chi connectivity index (χ1v) is 15.3. The van der Waals surface area contributed by atoms with Crippen LogP contribution in [0.1, 0.15) is 0 Å². The molecule has 214 valence electrons. The molecule has 6 nitrogen and oxygen atoms in total. The van der Waals surface area contributed by atoms with Gasteiger partial charge in [0.1, 0.15) is 22.3 Å². The van der Waals surface area contributed by atoms with Gasteiger partial charge in [0.05, 0.1) is 33.5 Å². The molecule has 0 aliphatic carbocycles. The van der Waals surface area contributed by atoms with Gasteiger partial charge in [-0.2, -0.15) is 0 Å². The highest BCUT2D eigenvalue weighted by atomic mass is 15.0. The molecule has 0 fully saturated rings. The largest absolute Gasteiger partial charge is 0.298 e. The zero-order valence-electron chi connectivity index (χ0n) is 24.5. The minimum atomic E-state index is 0.913. The van der Waals surface area contributed by atoms with E-state index in [-0.39, 0.29) is 0 Å². The average molecular weight is 589 g/mol. The Balaban J connectivity index is 1.07. The Kier molecular flexibility index (Phi) is 5.19. The van der Waals surface area contributed by atoms with Crippen LogP contribution in [0.15, 0.2) is 146 Å². The molecule has 6 aromatic heterocycles. The Morgan fingerprint density at radius 3 is 1.20 bits per heavy atom. The summed E-state index contributed by atoms with van der Waals surface area (Å²) in [6.07, 6.45) is 4.12. The molecule has 0 aliphatic heterocycles. The molecule has 0 unspecified atom stereocenters. The third kappa shape index (κ3) is 3.64. The van der Waals surface area contributed by atoms with Crippen molar-refractivity contribution in [3.63, 3.8) is 0 Å². The van der Waals surface area contributed by atoms with Gasteiger partial charge in [0, 0.05) is 34.3 Å². The van der Waals surface area contributed by atoms with Gasteiger partial charge in [-0.25, -0.2) is 19.9 Å². The summed E-state index contributed by atoms with van der Waals surface area (Å²) in [5.41, 5.74) is 13.9. The minimum Gasteiger partial charge on any atom is -0.298 e. The van der Waals surface area contributed by atoms with E-state index in [2.05, 4.69) is 94.0 Å². The highest BCUT2D eigenvalue weighted by molar-refractivity contribution is 6.10. The van der Waals surface area contributed by atoms with Crippen molar-refractivity contribution in [3.8, 4) is 33.6 Å². The summed E-state index contributed by atoms with van der Waals surface area (Å²) in [7, 11) is 0. The lowest BCUT2D eigenvalue weighted by Gasteiger charge is -2.10. The lowest BCUT2D eigenvalue weighted by Crippen LogP contribution is -1.92. The molecule has 0 bridgehead atoms. The maximum absolute atomic E-state index is 5.13. The molecule has 4 aromatic carbocycles. The number of hydrogen-bond acceptors (Lipinski definition) is 4. The van der Waals surface area contributed by atoms with Gasteiger partial charge in [-0.15, -0.1) is 0 Å². The lowest BCUT2D eigenvalue weighted by molar-refractivity contribution is 1.22. The van der Waals surface area contributed by atoms with Gasteiger partial charge in [-0.1, -0.05) is 97.1 Å². The summed E-state index contributed by atoms with van der Waals surface area (Å²) >= 11 is 0. The normalized spacial score (nSPS) is 11.9. The van der Waals surface area contributed by atoms with Crippen molar-refractivity contribution in [2.75, 3.05) is 0 Å². The van der Waals surface area contributed by atoms with Crippen molar-refractivity contribution in [1.82, 2.24) is 28.7 Å². The van der Waals surface area contributed by atoms with Crippen LogP contribution in [0.3, 0.4) is 0 Å². The Morgan fingerprint density at radius 2 is 0.739 bits per heavy atom. The highest BCUT2D eigenvalue weighted by Gasteiger charge is 2.18. The van der Waals surface area contributed by atoms with E-state index in [1.54, 1.807) is 0 Å². The van der Waals surface area contributed by atoms with E-state index in [1.807, 2.05) is 60.7 Å². The fraction of sp³-hybridized carbons (Fsp3) is 0. The van der Waals surface area contributed by atoms with Gasteiger partial charge in [0.15, 0.2) is 0 Å². The second-order valence-corrected chi connectivity index (χ2v) is 11.6. The Labute approximate surface area is 262 Å². The van der Waals surface area contributed by atoms with E-state index >= 15 is 0 Å². The van der Waals surface area contributed by atoms with Crippen LogP contribution in [0.5, 0.6) is 0 Å². The zero-order valence-corrected chi connectivity index (χ0v) is 24.5. The summed E-state index contributed by atoms with van der Waals surface area (Å²) in [4.78, 5) is 20.2. The standard InChI is InChI=1S/C40H24N6/c1-3-11-31-29(9-1)37-39(45-23-7-5-13-33(45)43-37)35(41-31)27-19-15-25(16-20-27)26-17-21-28(22-18-26)36-40-38(30-10-2-4-12-32(30)42-36)44-34-14-6-8-24-46(34)40/h1-24H.